The van der Waals surface area contributed by atoms with Crippen molar-refractivity contribution in [3.05, 3.63) is 0 Å². The third kappa shape index (κ3) is 8.66. The molecule has 58 valence electrons. The zero-order valence-corrected chi connectivity index (χ0v) is 7.80. The Morgan fingerprint density at radius 3 is 2.00 bits per heavy atom. The molecule has 0 saturated carbocycles. The Hall–Kier alpha value is 0.659. The quantitative estimate of drug-likeness (QED) is 0.358. The Balaban J connectivity index is 0. The van der Waals surface area contributed by atoms with E-state index in [0.29, 0.717) is 0 Å². The van der Waals surface area contributed by atoms with Gasteiger partial charge < -0.3 is 0 Å². The third-order valence-corrected chi connectivity index (χ3v) is 1.34. The van der Waals surface area contributed by atoms with Crippen LogP contribution in [0.2, 0.25) is 0 Å². The summed E-state index contributed by atoms with van der Waals surface area (Å²) < 4.78 is 0. The van der Waals surface area contributed by atoms with Gasteiger partial charge in [-0.1, -0.05) is 12.8 Å². The number of alkyl halides is 1. The fraction of sp³-hybridized carbons (Fsp3) is 0.667. The second kappa shape index (κ2) is 6.77. The summed E-state index contributed by atoms with van der Waals surface area (Å²) in [7, 11) is 4.20. The van der Waals surface area contributed by atoms with Gasteiger partial charge in [-0.15, -0.1) is 18.0 Å². The summed E-state index contributed by atoms with van der Waals surface area (Å²) in [5.41, 5.74) is 0. The van der Waals surface area contributed by atoms with Gasteiger partial charge in [0.25, 0.3) is 0 Å². The van der Waals surface area contributed by atoms with E-state index in [4.69, 9.17) is 18.0 Å². The average Bonchev–Trinajstić information content (AvgIpc) is 1.93. The fourth-order valence-corrected chi connectivity index (χ4v) is 0.102. The summed E-state index contributed by atoms with van der Waals surface area (Å²) >= 11 is 9.33. The number of halogens is 2. The molecule has 1 atom stereocenters. The molecule has 0 heterocycles. The molecular formula is C6H9Cl2Cu. The fourth-order valence-electron chi connectivity index (χ4n) is 0.102. The van der Waals surface area contributed by atoms with Crippen molar-refractivity contribution in [1.29, 1.82) is 0 Å². The molecule has 0 fully saturated rings. The molecule has 0 aromatic heterocycles. The van der Waals surface area contributed by atoms with E-state index in [1.807, 2.05) is 13.8 Å². The molecule has 0 N–H and O–H groups in total. The van der Waals surface area contributed by atoms with Gasteiger partial charge >= 0.3 is 25.2 Å². The van der Waals surface area contributed by atoms with Gasteiger partial charge in [0.1, 0.15) is 4.87 Å². The Morgan fingerprint density at radius 1 is 1.67 bits per heavy atom. The number of hydrogen-bond donors (Lipinski definition) is 0. The normalized spacial score (nSPS) is 14.3. The first-order chi connectivity index (χ1) is 4.12. The summed E-state index contributed by atoms with van der Waals surface area (Å²) in [4.78, 5) is -0.417. The zero-order valence-electron chi connectivity index (χ0n) is 5.34. The molecule has 0 aliphatic carbocycles. The van der Waals surface area contributed by atoms with Crippen molar-refractivity contribution < 1.29 is 15.1 Å². The van der Waals surface area contributed by atoms with Crippen LogP contribution in [-0.4, -0.2) is 4.87 Å². The van der Waals surface area contributed by atoms with Crippen LogP contribution in [0, 0.1) is 12.3 Å². The SMILES string of the molecule is C#CC(C)(Cl)CC.[Cl][Cu]. The van der Waals surface area contributed by atoms with Crippen molar-refractivity contribution in [3.63, 3.8) is 0 Å². The molecule has 0 saturated heterocycles. The molecule has 0 spiro atoms. The molecule has 0 radical (unpaired) electrons. The number of hydrogen-bond acceptors (Lipinski definition) is 0. The minimum absolute atomic E-state index is 0.417. The average molecular weight is 216 g/mol. The van der Waals surface area contributed by atoms with E-state index in [-0.39, 0.29) is 0 Å². The summed E-state index contributed by atoms with van der Waals surface area (Å²) in [5, 5.41) is 0. The van der Waals surface area contributed by atoms with Crippen LogP contribution in [0.15, 0.2) is 0 Å². The van der Waals surface area contributed by atoms with Gasteiger partial charge in [0.05, 0.1) is 0 Å². The minimum atomic E-state index is -0.417. The van der Waals surface area contributed by atoms with Crippen LogP contribution < -0.4 is 0 Å². The van der Waals surface area contributed by atoms with E-state index >= 15 is 0 Å². The van der Waals surface area contributed by atoms with Gasteiger partial charge in [-0.2, -0.15) is 0 Å². The van der Waals surface area contributed by atoms with Crippen molar-refractivity contribution in [1.82, 2.24) is 0 Å². The van der Waals surface area contributed by atoms with Gasteiger partial charge in [-0.05, 0) is 13.3 Å². The van der Waals surface area contributed by atoms with E-state index in [1.54, 1.807) is 0 Å². The van der Waals surface area contributed by atoms with Crippen molar-refractivity contribution in [2.75, 3.05) is 0 Å². The van der Waals surface area contributed by atoms with E-state index in [0.717, 1.165) is 6.42 Å². The van der Waals surface area contributed by atoms with Crippen LogP contribution >= 0.6 is 21.7 Å². The summed E-state index contributed by atoms with van der Waals surface area (Å²) in [6, 6.07) is 0. The van der Waals surface area contributed by atoms with Crippen LogP contribution in [-0.2, 0) is 15.1 Å². The molecule has 1 unspecified atom stereocenters. The van der Waals surface area contributed by atoms with Gasteiger partial charge in [-0.3, -0.25) is 0 Å². The predicted octanol–water partition coefficient (Wildman–Crippen LogP) is 2.71. The van der Waals surface area contributed by atoms with E-state index in [9.17, 15) is 0 Å². The molecule has 0 amide bonds. The molecule has 0 bridgehead atoms. The van der Waals surface area contributed by atoms with Crippen LogP contribution in [0.5, 0.6) is 0 Å². The summed E-state index contributed by atoms with van der Waals surface area (Å²) in [6.45, 7) is 3.79. The Bertz CT molecular complexity index is 93.7. The van der Waals surface area contributed by atoms with Crippen molar-refractivity contribution >= 4 is 21.7 Å². The van der Waals surface area contributed by atoms with Crippen LogP contribution in [0.3, 0.4) is 0 Å². The standard InChI is InChI=1S/C6H9Cl.ClH.Cu/c1-4-6(3,7)5-2;;/h1H,5H2,2-3H3;1H;/q;;+1/p-1. The first kappa shape index (κ1) is 12.3. The first-order valence-corrected chi connectivity index (χ1v) is 4.08. The second-order valence-electron chi connectivity index (χ2n) is 1.70. The molecule has 0 rings (SSSR count). The monoisotopic (exact) mass is 214 g/mol. The maximum atomic E-state index is 5.67. The van der Waals surface area contributed by atoms with Crippen molar-refractivity contribution in [3.8, 4) is 12.3 Å². The van der Waals surface area contributed by atoms with Crippen LogP contribution in [0.1, 0.15) is 20.3 Å². The molecule has 0 aromatic carbocycles. The van der Waals surface area contributed by atoms with Crippen LogP contribution in [0.25, 0.3) is 0 Å². The van der Waals surface area contributed by atoms with Gasteiger partial charge in [0.15, 0.2) is 0 Å². The molecule has 0 aromatic rings. The summed E-state index contributed by atoms with van der Waals surface area (Å²) in [5.74, 6) is 2.46. The Labute approximate surface area is 74.3 Å². The van der Waals surface area contributed by atoms with Crippen molar-refractivity contribution in [2.45, 2.75) is 25.1 Å². The summed E-state index contributed by atoms with van der Waals surface area (Å²) in [6.07, 6.45) is 5.86. The molecule has 0 aliphatic rings. The predicted molar refractivity (Wildman–Crippen MR) is 39.2 cm³/mol. The van der Waals surface area contributed by atoms with E-state index in [1.165, 1.54) is 0 Å². The zero-order chi connectivity index (χ0) is 7.91. The molecule has 3 heteroatoms. The van der Waals surface area contributed by atoms with Crippen LogP contribution in [0.4, 0.5) is 0 Å². The van der Waals surface area contributed by atoms with E-state index in [2.05, 4.69) is 31.1 Å². The second-order valence-corrected chi connectivity index (χ2v) is 2.53. The topological polar surface area (TPSA) is 0 Å². The molecular weight excluding hydrogens is 207 g/mol. The van der Waals surface area contributed by atoms with E-state index < -0.39 is 4.87 Å². The van der Waals surface area contributed by atoms with Gasteiger partial charge in [0, 0.05) is 0 Å². The van der Waals surface area contributed by atoms with Gasteiger partial charge in [-0.25, -0.2) is 0 Å². The molecule has 0 aliphatic heterocycles. The van der Waals surface area contributed by atoms with Crippen molar-refractivity contribution in [2.24, 2.45) is 0 Å². The number of rotatable bonds is 1. The first-order valence-electron chi connectivity index (χ1n) is 2.40. The van der Waals surface area contributed by atoms with Gasteiger partial charge in [0.2, 0.25) is 0 Å². The third-order valence-electron chi connectivity index (χ3n) is 0.965. The molecule has 0 nitrogen and oxygen atoms in total. The number of terminal acetylenes is 1. The maximum absolute atomic E-state index is 5.67. The Kier molecular flexibility index (Phi) is 9.29. The molecule has 9 heavy (non-hydrogen) atoms. The Morgan fingerprint density at radius 2 is 2.00 bits per heavy atom.